The SMILES string of the molecule is CC(C)c1ccc(C(=O)C(C)c2ccncc2)cc1. The summed E-state index contributed by atoms with van der Waals surface area (Å²) in [6.07, 6.45) is 3.45. The van der Waals surface area contributed by atoms with Crippen LogP contribution in [0.2, 0.25) is 0 Å². The molecule has 0 saturated heterocycles. The van der Waals surface area contributed by atoms with Crippen molar-refractivity contribution in [3.8, 4) is 0 Å². The lowest BCUT2D eigenvalue weighted by atomic mass is 9.92. The Balaban J connectivity index is 2.20. The summed E-state index contributed by atoms with van der Waals surface area (Å²) in [5, 5.41) is 0. The third kappa shape index (κ3) is 3.08. The summed E-state index contributed by atoms with van der Waals surface area (Å²) in [5.41, 5.74) is 3.04. The monoisotopic (exact) mass is 253 g/mol. The number of hydrogen-bond acceptors (Lipinski definition) is 2. The van der Waals surface area contributed by atoms with Crippen molar-refractivity contribution in [2.75, 3.05) is 0 Å². The predicted molar refractivity (Wildman–Crippen MR) is 77.5 cm³/mol. The molecule has 0 bridgehead atoms. The van der Waals surface area contributed by atoms with Crippen molar-refractivity contribution in [1.29, 1.82) is 0 Å². The number of carbonyl (C=O) groups excluding carboxylic acids is 1. The maximum atomic E-state index is 12.4. The summed E-state index contributed by atoms with van der Waals surface area (Å²) in [7, 11) is 0. The van der Waals surface area contributed by atoms with Gasteiger partial charge in [0.25, 0.3) is 0 Å². The molecule has 0 aliphatic heterocycles. The van der Waals surface area contributed by atoms with E-state index in [2.05, 4.69) is 18.8 Å². The van der Waals surface area contributed by atoms with E-state index in [4.69, 9.17) is 0 Å². The van der Waals surface area contributed by atoms with E-state index in [0.29, 0.717) is 5.92 Å². The molecule has 0 spiro atoms. The minimum Gasteiger partial charge on any atom is -0.294 e. The Bertz CT molecular complexity index is 543. The van der Waals surface area contributed by atoms with Crippen LogP contribution in [0.4, 0.5) is 0 Å². The molecule has 1 atom stereocenters. The van der Waals surface area contributed by atoms with Crippen LogP contribution in [0, 0.1) is 0 Å². The predicted octanol–water partition coefficient (Wildman–Crippen LogP) is 4.19. The molecule has 98 valence electrons. The largest absolute Gasteiger partial charge is 0.294 e. The zero-order valence-corrected chi connectivity index (χ0v) is 11.6. The maximum Gasteiger partial charge on any atom is 0.170 e. The molecule has 2 rings (SSSR count). The molecule has 0 N–H and O–H groups in total. The Hall–Kier alpha value is -1.96. The number of Topliss-reactive ketones (excluding diaryl/α,β-unsaturated/α-hetero) is 1. The normalized spacial score (nSPS) is 12.4. The number of benzene rings is 1. The van der Waals surface area contributed by atoms with Crippen molar-refractivity contribution in [2.24, 2.45) is 0 Å². The minimum absolute atomic E-state index is 0.132. The molecule has 19 heavy (non-hydrogen) atoms. The molecule has 2 nitrogen and oxygen atoms in total. The first-order valence-electron chi connectivity index (χ1n) is 6.63. The zero-order valence-electron chi connectivity index (χ0n) is 11.6. The molecule has 1 aromatic heterocycles. The van der Waals surface area contributed by atoms with Gasteiger partial charge in [0.05, 0.1) is 0 Å². The fourth-order valence-electron chi connectivity index (χ4n) is 2.09. The van der Waals surface area contributed by atoms with E-state index >= 15 is 0 Å². The van der Waals surface area contributed by atoms with Crippen molar-refractivity contribution in [2.45, 2.75) is 32.6 Å². The van der Waals surface area contributed by atoms with Gasteiger partial charge in [0.15, 0.2) is 5.78 Å². The average Bonchev–Trinajstić information content (AvgIpc) is 2.46. The van der Waals surface area contributed by atoms with Crippen LogP contribution in [0.15, 0.2) is 48.8 Å². The number of carbonyl (C=O) groups is 1. The summed E-state index contributed by atoms with van der Waals surface area (Å²) in [6, 6.07) is 11.7. The molecular weight excluding hydrogens is 234 g/mol. The molecule has 1 heterocycles. The second kappa shape index (κ2) is 5.79. The molecule has 2 heteroatoms. The van der Waals surface area contributed by atoms with E-state index in [0.717, 1.165) is 11.1 Å². The van der Waals surface area contributed by atoms with E-state index in [1.807, 2.05) is 43.3 Å². The lowest BCUT2D eigenvalue weighted by Crippen LogP contribution is -2.09. The maximum absolute atomic E-state index is 12.4. The van der Waals surface area contributed by atoms with Crippen molar-refractivity contribution in [1.82, 2.24) is 4.98 Å². The van der Waals surface area contributed by atoms with Gasteiger partial charge in [0.2, 0.25) is 0 Å². The van der Waals surface area contributed by atoms with Crippen LogP contribution in [-0.2, 0) is 0 Å². The molecule has 0 saturated carbocycles. The van der Waals surface area contributed by atoms with Crippen LogP contribution < -0.4 is 0 Å². The van der Waals surface area contributed by atoms with Gasteiger partial charge >= 0.3 is 0 Å². The molecule has 0 aliphatic carbocycles. The first-order chi connectivity index (χ1) is 9.09. The Kier molecular flexibility index (Phi) is 4.10. The third-order valence-corrected chi connectivity index (χ3v) is 3.46. The van der Waals surface area contributed by atoms with Gasteiger partial charge < -0.3 is 0 Å². The van der Waals surface area contributed by atoms with Gasteiger partial charge in [-0.2, -0.15) is 0 Å². The number of ketones is 1. The number of hydrogen-bond donors (Lipinski definition) is 0. The minimum atomic E-state index is -0.132. The summed E-state index contributed by atoms with van der Waals surface area (Å²) in [5.74, 6) is 0.510. The van der Waals surface area contributed by atoms with Crippen LogP contribution in [-0.4, -0.2) is 10.8 Å². The molecule has 0 amide bonds. The quantitative estimate of drug-likeness (QED) is 0.765. The summed E-state index contributed by atoms with van der Waals surface area (Å²) >= 11 is 0. The van der Waals surface area contributed by atoms with Crippen LogP contribution in [0.25, 0.3) is 0 Å². The lowest BCUT2D eigenvalue weighted by molar-refractivity contribution is 0.0966. The van der Waals surface area contributed by atoms with Gasteiger partial charge in [-0.3, -0.25) is 9.78 Å². The third-order valence-electron chi connectivity index (χ3n) is 3.46. The number of nitrogens with zero attached hydrogens (tertiary/aromatic N) is 1. The van der Waals surface area contributed by atoms with E-state index in [-0.39, 0.29) is 11.7 Å². The second-order valence-corrected chi connectivity index (χ2v) is 5.14. The Morgan fingerprint density at radius 3 is 2.00 bits per heavy atom. The number of pyridine rings is 1. The van der Waals surface area contributed by atoms with Gasteiger partial charge in [-0.25, -0.2) is 0 Å². The molecule has 0 aliphatic rings. The fourth-order valence-corrected chi connectivity index (χ4v) is 2.09. The average molecular weight is 253 g/mol. The highest BCUT2D eigenvalue weighted by molar-refractivity contribution is 6.00. The topological polar surface area (TPSA) is 30.0 Å². The van der Waals surface area contributed by atoms with Gasteiger partial charge in [-0.15, -0.1) is 0 Å². The molecule has 0 radical (unpaired) electrons. The van der Waals surface area contributed by atoms with Crippen LogP contribution in [0.1, 0.15) is 54.1 Å². The zero-order chi connectivity index (χ0) is 13.8. The molecule has 1 aromatic carbocycles. The Labute approximate surface area is 114 Å². The fraction of sp³-hybridized carbons (Fsp3) is 0.294. The first-order valence-corrected chi connectivity index (χ1v) is 6.63. The van der Waals surface area contributed by atoms with Gasteiger partial charge in [-0.1, -0.05) is 45.0 Å². The second-order valence-electron chi connectivity index (χ2n) is 5.14. The Morgan fingerprint density at radius 1 is 0.895 bits per heavy atom. The number of aromatic nitrogens is 1. The van der Waals surface area contributed by atoms with Crippen LogP contribution in [0.5, 0.6) is 0 Å². The van der Waals surface area contributed by atoms with E-state index < -0.39 is 0 Å². The highest BCUT2D eigenvalue weighted by atomic mass is 16.1. The molecule has 0 fully saturated rings. The van der Waals surface area contributed by atoms with Crippen LogP contribution >= 0.6 is 0 Å². The summed E-state index contributed by atoms with van der Waals surface area (Å²) in [6.45, 7) is 6.24. The van der Waals surface area contributed by atoms with Gasteiger partial charge in [-0.05, 0) is 29.2 Å². The van der Waals surface area contributed by atoms with E-state index in [1.165, 1.54) is 5.56 Å². The van der Waals surface area contributed by atoms with Crippen LogP contribution in [0.3, 0.4) is 0 Å². The molecule has 2 aromatic rings. The molecular formula is C17H19NO. The first kappa shape index (κ1) is 13.5. The lowest BCUT2D eigenvalue weighted by Gasteiger charge is -2.12. The molecule has 1 unspecified atom stereocenters. The van der Waals surface area contributed by atoms with Gasteiger partial charge in [0.1, 0.15) is 0 Å². The van der Waals surface area contributed by atoms with E-state index in [9.17, 15) is 4.79 Å². The van der Waals surface area contributed by atoms with Gasteiger partial charge in [0, 0.05) is 23.9 Å². The highest BCUT2D eigenvalue weighted by Gasteiger charge is 2.16. The Morgan fingerprint density at radius 2 is 1.47 bits per heavy atom. The van der Waals surface area contributed by atoms with Crippen molar-refractivity contribution >= 4 is 5.78 Å². The van der Waals surface area contributed by atoms with Crippen molar-refractivity contribution in [3.63, 3.8) is 0 Å². The highest BCUT2D eigenvalue weighted by Crippen LogP contribution is 2.21. The smallest absolute Gasteiger partial charge is 0.170 e. The van der Waals surface area contributed by atoms with Crippen molar-refractivity contribution in [3.05, 3.63) is 65.5 Å². The van der Waals surface area contributed by atoms with Crippen molar-refractivity contribution < 1.29 is 4.79 Å². The summed E-state index contributed by atoms with van der Waals surface area (Å²) in [4.78, 5) is 16.4. The standard InChI is InChI=1S/C17H19NO/c1-12(2)14-4-6-16(7-5-14)17(19)13(3)15-8-10-18-11-9-15/h4-13H,1-3H3. The number of rotatable bonds is 4. The summed E-state index contributed by atoms with van der Waals surface area (Å²) < 4.78 is 0. The van der Waals surface area contributed by atoms with E-state index in [1.54, 1.807) is 12.4 Å².